The SMILES string of the molecule is CC(C)CC(CNC(=O)c1cccc(F)c1)N1CCCCC1. The van der Waals surface area contributed by atoms with Crippen molar-refractivity contribution in [3.05, 3.63) is 35.6 Å². The van der Waals surface area contributed by atoms with Gasteiger partial charge in [0.2, 0.25) is 0 Å². The summed E-state index contributed by atoms with van der Waals surface area (Å²) >= 11 is 0. The van der Waals surface area contributed by atoms with Gasteiger partial charge in [0.15, 0.2) is 0 Å². The molecule has 0 radical (unpaired) electrons. The molecule has 1 aliphatic heterocycles. The average Bonchev–Trinajstić information content (AvgIpc) is 2.51. The van der Waals surface area contributed by atoms with Crippen LogP contribution in [-0.2, 0) is 0 Å². The second-order valence-electron chi connectivity index (χ2n) is 6.60. The number of hydrogen-bond acceptors (Lipinski definition) is 2. The van der Waals surface area contributed by atoms with Crippen molar-refractivity contribution in [1.29, 1.82) is 0 Å². The Morgan fingerprint density at radius 1 is 1.27 bits per heavy atom. The number of piperidine rings is 1. The van der Waals surface area contributed by atoms with E-state index in [1.807, 2.05) is 0 Å². The molecule has 1 aromatic rings. The average molecular weight is 306 g/mol. The summed E-state index contributed by atoms with van der Waals surface area (Å²) in [6, 6.07) is 6.23. The Balaban J connectivity index is 1.93. The third-order valence-electron chi connectivity index (χ3n) is 4.24. The highest BCUT2D eigenvalue weighted by molar-refractivity contribution is 5.94. The molecule has 1 saturated heterocycles. The lowest BCUT2D eigenvalue weighted by molar-refractivity contribution is 0.0912. The molecule has 0 bridgehead atoms. The summed E-state index contributed by atoms with van der Waals surface area (Å²) in [7, 11) is 0. The van der Waals surface area contributed by atoms with Crippen molar-refractivity contribution in [3.8, 4) is 0 Å². The minimum absolute atomic E-state index is 0.190. The summed E-state index contributed by atoms with van der Waals surface area (Å²) in [5.74, 6) is 0.0330. The topological polar surface area (TPSA) is 32.3 Å². The van der Waals surface area contributed by atoms with Gasteiger partial charge < -0.3 is 5.32 Å². The molecule has 2 rings (SSSR count). The molecule has 0 spiro atoms. The Kier molecular flexibility index (Phi) is 6.37. The van der Waals surface area contributed by atoms with Crippen LogP contribution in [0.3, 0.4) is 0 Å². The van der Waals surface area contributed by atoms with Gasteiger partial charge in [-0.25, -0.2) is 4.39 Å². The number of benzene rings is 1. The van der Waals surface area contributed by atoms with Crippen LogP contribution in [0.4, 0.5) is 4.39 Å². The van der Waals surface area contributed by atoms with Gasteiger partial charge in [-0.15, -0.1) is 0 Å². The van der Waals surface area contributed by atoms with Crippen LogP contribution in [0.2, 0.25) is 0 Å². The molecule has 1 unspecified atom stereocenters. The van der Waals surface area contributed by atoms with E-state index in [1.165, 1.54) is 31.4 Å². The van der Waals surface area contributed by atoms with Crippen LogP contribution in [-0.4, -0.2) is 36.5 Å². The fraction of sp³-hybridized carbons (Fsp3) is 0.611. The van der Waals surface area contributed by atoms with E-state index in [0.717, 1.165) is 19.5 Å². The number of carbonyl (C=O) groups excluding carboxylic acids is 1. The zero-order chi connectivity index (χ0) is 15.9. The quantitative estimate of drug-likeness (QED) is 0.873. The summed E-state index contributed by atoms with van der Waals surface area (Å²) < 4.78 is 13.2. The van der Waals surface area contributed by atoms with Crippen molar-refractivity contribution in [2.75, 3.05) is 19.6 Å². The summed E-state index contributed by atoms with van der Waals surface area (Å²) in [5, 5.41) is 2.98. The first-order valence-electron chi connectivity index (χ1n) is 8.34. The Labute approximate surface area is 132 Å². The largest absolute Gasteiger partial charge is 0.350 e. The lowest BCUT2D eigenvalue weighted by Gasteiger charge is -2.35. The van der Waals surface area contributed by atoms with Crippen LogP contribution in [0, 0.1) is 11.7 Å². The lowest BCUT2D eigenvalue weighted by Crippen LogP contribution is -2.46. The molecule has 1 amide bonds. The van der Waals surface area contributed by atoms with Crippen LogP contribution < -0.4 is 5.32 Å². The Bertz CT molecular complexity index is 484. The maximum atomic E-state index is 13.2. The van der Waals surface area contributed by atoms with Crippen LogP contribution in [0.25, 0.3) is 0 Å². The van der Waals surface area contributed by atoms with E-state index in [2.05, 4.69) is 24.1 Å². The Morgan fingerprint density at radius 2 is 2.00 bits per heavy atom. The Hall–Kier alpha value is -1.42. The molecule has 1 aliphatic rings. The highest BCUT2D eigenvalue weighted by Gasteiger charge is 2.22. The van der Waals surface area contributed by atoms with Gasteiger partial charge >= 0.3 is 0 Å². The number of rotatable bonds is 6. The summed E-state index contributed by atoms with van der Waals surface area (Å²) in [6.07, 6.45) is 4.86. The lowest BCUT2D eigenvalue weighted by atomic mass is 9.99. The minimum atomic E-state index is -0.373. The molecule has 122 valence electrons. The predicted octanol–water partition coefficient (Wildman–Crippen LogP) is 3.46. The van der Waals surface area contributed by atoms with Crippen molar-refractivity contribution in [2.24, 2.45) is 5.92 Å². The van der Waals surface area contributed by atoms with Gasteiger partial charge in [0.1, 0.15) is 5.82 Å². The molecule has 3 nitrogen and oxygen atoms in total. The molecular formula is C18H27FN2O. The van der Waals surface area contributed by atoms with Crippen molar-refractivity contribution >= 4 is 5.91 Å². The molecule has 1 aromatic carbocycles. The van der Waals surface area contributed by atoms with Gasteiger partial charge in [-0.1, -0.05) is 26.3 Å². The van der Waals surface area contributed by atoms with Crippen molar-refractivity contribution in [3.63, 3.8) is 0 Å². The first kappa shape index (κ1) is 16.9. The summed E-state index contributed by atoms with van der Waals surface area (Å²) in [5.41, 5.74) is 0.391. The molecule has 0 aliphatic carbocycles. The highest BCUT2D eigenvalue weighted by atomic mass is 19.1. The van der Waals surface area contributed by atoms with E-state index in [9.17, 15) is 9.18 Å². The second-order valence-corrected chi connectivity index (χ2v) is 6.60. The van der Waals surface area contributed by atoms with Crippen LogP contribution in [0.1, 0.15) is 49.9 Å². The number of nitrogens with one attached hydrogen (secondary N) is 1. The van der Waals surface area contributed by atoms with Crippen molar-refractivity contribution < 1.29 is 9.18 Å². The van der Waals surface area contributed by atoms with E-state index in [-0.39, 0.29) is 11.7 Å². The summed E-state index contributed by atoms with van der Waals surface area (Å²) in [4.78, 5) is 14.7. The monoisotopic (exact) mass is 306 g/mol. The van der Waals surface area contributed by atoms with E-state index < -0.39 is 0 Å². The van der Waals surface area contributed by atoms with Gasteiger partial charge in [-0.2, -0.15) is 0 Å². The highest BCUT2D eigenvalue weighted by Crippen LogP contribution is 2.17. The standard InChI is InChI=1S/C18H27FN2O/c1-14(2)11-17(21-9-4-3-5-10-21)13-20-18(22)15-7-6-8-16(19)12-15/h6-8,12,14,17H,3-5,9-11,13H2,1-2H3,(H,20,22). The number of carbonyl (C=O) groups is 1. The maximum Gasteiger partial charge on any atom is 0.251 e. The number of halogens is 1. The molecule has 1 fully saturated rings. The number of likely N-dealkylation sites (tertiary alicyclic amines) is 1. The van der Waals surface area contributed by atoms with Crippen molar-refractivity contribution in [1.82, 2.24) is 10.2 Å². The minimum Gasteiger partial charge on any atom is -0.350 e. The first-order valence-corrected chi connectivity index (χ1v) is 8.34. The van der Waals surface area contributed by atoms with Crippen molar-refractivity contribution in [2.45, 2.75) is 45.6 Å². The number of hydrogen-bond donors (Lipinski definition) is 1. The Morgan fingerprint density at radius 3 is 2.64 bits per heavy atom. The van der Waals surface area contributed by atoms with E-state index in [1.54, 1.807) is 12.1 Å². The van der Waals surface area contributed by atoms with E-state index in [0.29, 0.717) is 24.1 Å². The number of nitrogens with zero attached hydrogens (tertiary/aromatic N) is 1. The first-order chi connectivity index (χ1) is 10.6. The van der Waals surface area contributed by atoms with Crippen LogP contribution in [0.5, 0.6) is 0 Å². The summed E-state index contributed by atoms with van der Waals surface area (Å²) in [6.45, 7) is 7.30. The van der Waals surface area contributed by atoms with Crippen LogP contribution >= 0.6 is 0 Å². The van der Waals surface area contributed by atoms with Gasteiger partial charge in [-0.3, -0.25) is 9.69 Å². The molecule has 1 heterocycles. The third-order valence-corrected chi connectivity index (χ3v) is 4.24. The smallest absolute Gasteiger partial charge is 0.251 e. The molecule has 1 N–H and O–H groups in total. The van der Waals surface area contributed by atoms with Gasteiger partial charge in [0.05, 0.1) is 0 Å². The normalized spacial score (nSPS) is 17.5. The molecule has 4 heteroatoms. The molecular weight excluding hydrogens is 279 g/mol. The maximum absolute atomic E-state index is 13.2. The van der Waals surface area contributed by atoms with Gasteiger partial charge in [0.25, 0.3) is 5.91 Å². The van der Waals surface area contributed by atoms with E-state index >= 15 is 0 Å². The molecule has 1 atom stereocenters. The van der Waals surface area contributed by atoms with Crippen LogP contribution in [0.15, 0.2) is 24.3 Å². The van der Waals surface area contributed by atoms with E-state index in [4.69, 9.17) is 0 Å². The number of amides is 1. The predicted molar refractivity (Wildman–Crippen MR) is 87.4 cm³/mol. The zero-order valence-electron chi connectivity index (χ0n) is 13.6. The fourth-order valence-corrected chi connectivity index (χ4v) is 3.13. The third kappa shape index (κ3) is 5.09. The van der Waals surface area contributed by atoms with Gasteiger partial charge in [-0.05, 0) is 56.5 Å². The van der Waals surface area contributed by atoms with Gasteiger partial charge in [0, 0.05) is 18.2 Å². The second kappa shape index (κ2) is 8.28. The molecule has 22 heavy (non-hydrogen) atoms. The molecule has 0 saturated carbocycles. The molecule has 0 aromatic heterocycles. The fourth-order valence-electron chi connectivity index (χ4n) is 3.13. The zero-order valence-corrected chi connectivity index (χ0v) is 13.6.